The van der Waals surface area contributed by atoms with Crippen LogP contribution in [0.1, 0.15) is 47.7 Å². The molecule has 3 atom stereocenters. The first-order valence-electron chi connectivity index (χ1n) is 11.3. The lowest BCUT2D eigenvalue weighted by Crippen LogP contribution is -2.48. The maximum absolute atomic E-state index is 13.5. The molecule has 0 saturated carbocycles. The molecular weight excluding hydrogens is 406 g/mol. The van der Waals surface area contributed by atoms with E-state index in [1.807, 2.05) is 47.4 Å². The lowest BCUT2D eigenvalue weighted by atomic mass is 10.1. The molecular formula is C25H25N3O4. The van der Waals surface area contributed by atoms with E-state index in [9.17, 15) is 14.4 Å². The van der Waals surface area contributed by atoms with Crippen molar-refractivity contribution >= 4 is 23.4 Å². The largest absolute Gasteiger partial charge is 0.343 e. The highest BCUT2D eigenvalue weighted by atomic mass is 16.5. The first kappa shape index (κ1) is 19.5. The smallest absolute Gasteiger partial charge is 0.254 e. The quantitative estimate of drug-likeness (QED) is 0.749. The van der Waals surface area contributed by atoms with Crippen molar-refractivity contribution < 1.29 is 19.1 Å². The van der Waals surface area contributed by atoms with Crippen LogP contribution >= 0.6 is 0 Å². The molecule has 4 saturated heterocycles. The predicted octanol–water partition coefficient (Wildman–Crippen LogP) is 2.73. The summed E-state index contributed by atoms with van der Waals surface area (Å²) in [6.07, 6.45) is 2.11. The van der Waals surface area contributed by atoms with Gasteiger partial charge in [-0.25, -0.2) is 0 Å². The second-order valence-electron chi connectivity index (χ2n) is 9.03. The zero-order valence-corrected chi connectivity index (χ0v) is 17.8. The van der Waals surface area contributed by atoms with E-state index in [4.69, 9.17) is 4.74 Å². The first-order valence-corrected chi connectivity index (χ1v) is 11.3. The lowest BCUT2D eigenvalue weighted by molar-refractivity contribution is -0.138. The number of ether oxygens (including phenoxy) is 1. The molecule has 4 aliphatic rings. The zero-order chi connectivity index (χ0) is 21.9. The van der Waals surface area contributed by atoms with Crippen LogP contribution in [0.2, 0.25) is 0 Å². The van der Waals surface area contributed by atoms with Gasteiger partial charge >= 0.3 is 0 Å². The molecule has 4 heterocycles. The van der Waals surface area contributed by atoms with Gasteiger partial charge < -0.3 is 19.4 Å². The van der Waals surface area contributed by atoms with Gasteiger partial charge in [0.25, 0.3) is 5.91 Å². The van der Waals surface area contributed by atoms with Crippen LogP contribution in [0.3, 0.4) is 0 Å². The average Bonchev–Trinajstić information content (AvgIpc) is 3.56. The van der Waals surface area contributed by atoms with Crippen molar-refractivity contribution in [3.05, 3.63) is 65.7 Å². The van der Waals surface area contributed by atoms with Gasteiger partial charge in [-0.2, -0.15) is 0 Å². The molecule has 4 fully saturated rings. The van der Waals surface area contributed by atoms with Crippen LogP contribution in [0, 0.1) is 0 Å². The van der Waals surface area contributed by atoms with E-state index in [0.29, 0.717) is 38.0 Å². The molecule has 7 nitrogen and oxygen atoms in total. The average molecular weight is 431 g/mol. The van der Waals surface area contributed by atoms with Crippen LogP contribution in [-0.4, -0.2) is 58.9 Å². The van der Waals surface area contributed by atoms with Crippen molar-refractivity contribution in [1.82, 2.24) is 9.80 Å². The molecule has 1 spiro atoms. The van der Waals surface area contributed by atoms with Gasteiger partial charge in [-0.1, -0.05) is 36.4 Å². The number of carbonyl (C=O) groups is 3. The highest BCUT2D eigenvalue weighted by Crippen LogP contribution is 2.50. The van der Waals surface area contributed by atoms with Gasteiger partial charge in [-0.05, 0) is 30.2 Å². The summed E-state index contributed by atoms with van der Waals surface area (Å²) < 4.78 is 6.55. The number of hydrogen-bond donors (Lipinski definition) is 0. The minimum Gasteiger partial charge on any atom is -0.343 e. The fourth-order valence-corrected chi connectivity index (χ4v) is 5.80. The van der Waals surface area contributed by atoms with E-state index in [2.05, 4.69) is 0 Å². The number of nitrogens with zero attached hydrogens (tertiary/aromatic N) is 3. The van der Waals surface area contributed by atoms with Crippen molar-refractivity contribution in [3.63, 3.8) is 0 Å². The van der Waals surface area contributed by atoms with Crippen molar-refractivity contribution in [3.8, 4) is 0 Å². The van der Waals surface area contributed by atoms with Crippen LogP contribution in [0.25, 0.3) is 0 Å². The first-order chi connectivity index (χ1) is 15.6. The van der Waals surface area contributed by atoms with E-state index >= 15 is 0 Å². The molecule has 0 bridgehead atoms. The van der Waals surface area contributed by atoms with Gasteiger partial charge in [0.1, 0.15) is 6.10 Å². The van der Waals surface area contributed by atoms with Gasteiger partial charge in [-0.3, -0.25) is 14.4 Å². The lowest BCUT2D eigenvalue weighted by Gasteiger charge is -2.32. The third kappa shape index (κ3) is 2.80. The summed E-state index contributed by atoms with van der Waals surface area (Å²) in [5, 5.41) is 0. The minimum absolute atomic E-state index is 0.0438. The highest BCUT2D eigenvalue weighted by molar-refractivity contribution is 5.99. The summed E-state index contributed by atoms with van der Waals surface area (Å²) >= 11 is 0. The maximum Gasteiger partial charge on any atom is 0.254 e. The Bertz CT molecular complexity index is 1100. The number of rotatable bonds is 3. The summed E-state index contributed by atoms with van der Waals surface area (Å²) in [6.45, 7) is 1.75. The number of hydrogen-bond acceptors (Lipinski definition) is 4. The van der Waals surface area contributed by atoms with Crippen LogP contribution in [0.5, 0.6) is 0 Å². The van der Waals surface area contributed by atoms with Crippen molar-refractivity contribution in [1.29, 1.82) is 0 Å². The standard InChI is InChI=1S/C25H25N3O4/c29-22-10-5-12-26(22)19-9-4-8-18(14-19)24(31)27-13-11-25-21(27)15-23(30)28(25)16-20(32-25)17-6-2-1-3-7-17/h1-4,6-9,14,20-21H,5,10-13,15-16H2/t20-,21-,25+/m1/s1. The second kappa shape index (κ2) is 7.17. The molecule has 6 rings (SSSR count). The summed E-state index contributed by atoms with van der Waals surface area (Å²) in [7, 11) is 0. The summed E-state index contributed by atoms with van der Waals surface area (Å²) in [4.78, 5) is 43.9. The molecule has 2 aromatic carbocycles. The number of benzene rings is 2. The number of carbonyl (C=O) groups excluding carboxylic acids is 3. The van der Waals surface area contributed by atoms with E-state index < -0.39 is 5.72 Å². The molecule has 0 N–H and O–H groups in total. The fraction of sp³-hybridized carbons (Fsp3) is 0.400. The number of amides is 3. The molecule has 164 valence electrons. The van der Waals surface area contributed by atoms with Crippen LogP contribution in [0.4, 0.5) is 5.69 Å². The second-order valence-corrected chi connectivity index (χ2v) is 9.03. The summed E-state index contributed by atoms with van der Waals surface area (Å²) in [5.41, 5.74) is 1.62. The van der Waals surface area contributed by atoms with Crippen molar-refractivity contribution in [2.24, 2.45) is 0 Å². The molecule has 4 aliphatic heterocycles. The van der Waals surface area contributed by atoms with Crippen molar-refractivity contribution in [2.75, 3.05) is 24.5 Å². The Morgan fingerprint density at radius 3 is 2.62 bits per heavy atom. The van der Waals surface area contributed by atoms with Crippen LogP contribution in [0.15, 0.2) is 54.6 Å². The Hall–Kier alpha value is -3.19. The monoisotopic (exact) mass is 431 g/mol. The fourth-order valence-electron chi connectivity index (χ4n) is 5.80. The van der Waals surface area contributed by atoms with Crippen molar-refractivity contribution in [2.45, 2.75) is 43.6 Å². The molecule has 0 radical (unpaired) electrons. The van der Waals surface area contributed by atoms with Gasteiger partial charge in [0, 0.05) is 37.2 Å². The molecule has 0 aliphatic carbocycles. The molecule has 32 heavy (non-hydrogen) atoms. The molecule has 0 aromatic heterocycles. The number of likely N-dealkylation sites (tertiary alicyclic amines) is 1. The Balaban J connectivity index is 1.27. The SMILES string of the molecule is O=C1CCCN1c1cccc(C(=O)N2CC[C@@]34O[C@@H](c5ccccc5)CN3C(=O)C[C@@H]24)c1. The van der Waals surface area contributed by atoms with Gasteiger partial charge in [0.05, 0.1) is 19.0 Å². The molecule has 3 amide bonds. The zero-order valence-electron chi connectivity index (χ0n) is 17.8. The molecule has 0 unspecified atom stereocenters. The van der Waals surface area contributed by atoms with E-state index in [0.717, 1.165) is 17.7 Å². The van der Waals surface area contributed by atoms with Gasteiger partial charge in [0.15, 0.2) is 5.72 Å². The Morgan fingerprint density at radius 2 is 1.84 bits per heavy atom. The normalized spacial score (nSPS) is 29.1. The molecule has 7 heteroatoms. The van der Waals surface area contributed by atoms with Crippen LogP contribution in [-0.2, 0) is 14.3 Å². The Morgan fingerprint density at radius 1 is 1.00 bits per heavy atom. The third-order valence-electron chi connectivity index (χ3n) is 7.34. The van der Waals surface area contributed by atoms with E-state index in [-0.39, 0.29) is 36.3 Å². The molecule has 2 aromatic rings. The number of anilines is 1. The van der Waals surface area contributed by atoms with Gasteiger partial charge in [0.2, 0.25) is 11.8 Å². The summed E-state index contributed by atoms with van der Waals surface area (Å²) in [6, 6.07) is 16.9. The summed E-state index contributed by atoms with van der Waals surface area (Å²) in [5.74, 6) is 0.0298. The van der Waals surface area contributed by atoms with Gasteiger partial charge in [-0.15, -0.1) is 0 Å². The predicted molar refractivity (Wildman–Crippen MR) is 117 cm³/mol. The van der Waals surface area contributed by atoms with Crippen LogP contribution < -0.4 is 4.90 Å². The topological polar surface area (TPSA) is 70.2 Å². The Labute approximate surface area is 186 Å². The highest BCUT2D eigenvalue weighted by Gasteiger charge is 2.65. The van der Waals surface area contributed by atoms with E-state index in [1.54, 1.807) is 21.9 Å². The Kier molecular flexibility index (Phi) is 4.37. The maximum atomic E-state index is 13.5. The minimum atomic E-state index is -0.740. The van der Waals surface area contributed by atoms with E-state index in [1.165, 1.54) is 0 Å². The third-order valence-corrected chi connectivity index (χ3v) is 7.34.